The summed E-state index contributed by atoms with van der Waals surface area (Å²) in [4.78, 5) is 32.1. The van der Waals surface area contributed by atoms with E-state index in [-0.39, 0.29) is 11.3 Å². The van der Waals surface area contributed by atoms with Crippen LogP contribution in [0.2, 0.25) is 0 Å². The van der Waals surface area contributed by atoms with E-state index in [9.17, 15) is 18.0 Å². The minimum atomic E-state index is -4.13. The van der Waals surface area contributed by atoms with E-state index in [2.05, 4.69) is 10.3 Å². The zero-order chi connectivity index (χ0) is 25.7. The Labute approximate surface area is 210 Å². The van der Waals surface area contributed by atoms with Crippen LogP contribution in [0.3, 0.4) is 0 Å². The molecule has 3 amide bonds. The zero-order valence-corrected chi connectivity index (χ0v) is 20.7. The van der Waals surface area contributed by atoms with Crippen molar-refractivity contribution >= 4 is 38.6 Å². The predicted molar refractivity (Wildman–Crippen MR) is 139 cm³/mol. The Bertz CT molecular complexity index is 1510. The standard InChI is InChI=1S/C27H26N4O4S/c1-19-9-6-7-13-25(19)36(34,35)30-27(33)29-24(17-20-10-4-3-5-11-20)26(32)31(2)22-15-14-21-12-8-16-28-23(21)18-22/h3-16,18,24H,17H2,1-2H3,(H2,29,30,33). The third-order valence-corrected chi connectivity index (χ3v) is 7.29. The van der Waals surface area contributed by atoms with E-state index in [0.717, 1.165) is 16.5 Å². The van der Waals surface area contributed by atoms with E-state index in [1.54, 1.807) is 50.5 Å². The first-order valence-corrected chi connectivity index (χ1v) is 12.8. The van der Waals surface area contributed by atoms with E-state index in [0.29, 0.717) is 11.3 Å². The molecule has 0 radical (unpaired) electrons. The van der Waals surface area contributed by atoms with Gasteiger partial charge in [0.2, 0.25) is 5.91 Å². The lowest BCUT2D eigenvalue weighted by atomic mass is 10.0. The highest BCUT2D eigenvalue weighted by atomic mass is 32.2. The number of aryl methyl sites for hydroxylation is 1. The van der Waals surface area contributed by atoms with Gasteiger partial charge < -0.3 is 10.2 Å². The molecule has 0 saturated carbocycles. The lowest BCUT2D eigenvalue weighted by Crippen LogP contribution is -2.52. The van der Waals surface area contributed by atoms with Crippen LogP contribution in [0.25, 0.3) is 10.9 Å². The Kier molecular flexibility index (Phi) is 7.30. The van der Waals surface area contributed by atoms with Crippen molar-refractivity contribution in [2.24, 2.45) is 0 Å². The summed E-state index contributed by atoms with van der Waals surface area (Å²) in [5.74, 6) is -0.405. The van der Waals surface area contributed by atoms with Crippen LogP contribution >= 0.6 is 0 Å². The zero-order valence-electron chi connectivity index (χ0n) is 19.9. The second kappa shape index (κ2) is 10.6. The van der Waals surface area contributed by atoms with Crippen LogP contribution in [-0.4, -0.2) is 38.4 Å². The maximum Gasteiger partial charge on any atom is 0.329 e. The largest absolute Gasteiger partial charge is 0.329 e. The van der Waals surface area contributed by atoms with Gasteiger partial charge in [0, 0.05) is 30.7 Å². The quantitative estimate of drug-likeness (QED) is 0.400. The van der Waals surface area contributed by atoms with Gasteiger partial charge in [-0.1, -0.05) is 60.7 Å². The highest BCUT2D eigenvalue weighted by Crippen LogP contribution is 2.21. The summed E-state index contributed by atoms with van der Waals surface area (Å²) in [6, 6.07) is 22.7. The lowest BCUT2D eigenvalue weighted by Gasteiger charge is -2.25. The van der Waals surface area contributed by atoms with Gasteiger partial charge in [-0.25, -0.2) is 17.9 Å². The molecule has 1 atom stereocenters. The second-order valence-corrected chi connectivity index (χ2v) is 10.0. The number of hydrogen-bond donors (Lipinski definition) is 2. The van der Waals surface area contributed by atoms with Crippen LogP contribution < -0.4 is 14.9 Å². The molecule has 1 heterocycles. The summed E-state index contributed by atoms with van der Waals surface area (Å²) in [5, 5.41) is 3.49. The number of urea groups is 1. The monoisotopic (exact) mass is 502 g/mol. The number of nitrogens with zero attached hydrogens (tertiary/aromatic N) is 2. The SMILES string of the molecule is Cc1ccccc1S(=O)(=O)NC(=O)NC(Cc1ccccc1)C(=O)N(C)c1ccc2cccnc2c1. The van der Waals surface area contributed by atoms with Crippen LogP contribution in [0.4, 0.5) is 10.5 Å². The molecular formula is C27H26N4O4S. The van der Waals surface area contributed by atoms with Crippen LogP contribution in [0.5, 0.6) is 0 Å². The van der Waals surface area contributed by atoms with E-state index in [4.69, 9.17) is 0 Å². The van der Waals surface area contributed by atoms with Crippen molar-refractivity contribution in [3.05, 3.63) is 102 Å². The molecule has 0 bridgehead atoms. The number of sulfonamides is 1. The molecule has 0 fully saturated rings. The summed E-state index contributed by atoms with van der Waals surface area (Å²) in [7, 11) is -2.52. The maximum absolute atomic E-state index is 13.5. The van der Waals surface area contributed by atoms with Gasteiger partial charge in [0.05, 0.1) is 10.4 Å². The number of aromatic nitrogens is 1. The van der Waals surface area contributed by atoms with Crippen molar-refractivity contribution in [2.75, 3.05) is 11.9 Å². The van der Waals surface area contributed by atoms with Crippen molar-refractivity contribution in [1.29, 1.82) is 0 Å². The molecule has 0 aliphatic carbocycles. The Morgan fingerprint density at radius 1 is 0.944 bits per heavy atom. The maximum atomic E-state index is 13.5. The number of hydrogen-bond acceptors (Lipinski definition) is 5. The molecule has 0 aliphatic heterocycles. The van der Waals surface area contributed by atoms with Crippen molar-refractivity contribution in [3.63, 3.8) is 0 Å². The third-order valence-electron chi connectivity index (χ3n) is 5.80. The Morgan fingerprint density at radius 3 is 2.42 bits per heavy atom. The number of fused-ring (bicyclic) bond motifs is 1. The topological polar surface area (TPSA) is 108 Å². The molecule has 2 N–H and O–H groups in total. The molecule has 1 unspecified atom stereocenters. The number of rotatable bonds is 7. The number of pyridine rings is 1. The third kappa shape index (κ3) is 5.69. The summed E-state index contributed by atoms with van der Waals surface area (Å²) < 4.78 is 27.6. The fraction of sp³-hybridized carbons (Fsp3) is 0.148. The molecule has 0 aliphatic rings. The van der Waals surface area contributed by atoms with Gasteiger partial charge in [0.25, 0.3) is 10.0 Å². The number of amides is 3. The van der Waals surface area contributed by atoms with Gasteiger partial charge in [0.15, 0.2) is 0 Å². The first-order chi connectivity index (χ1) is 17.2. The first kappa shape index (κ1) is 24.9. The molecule has 36 heavy (non-hydrogen) atoms. The van der Waals surface area contributed by atoms with Crippen LogP contribution in [0, 0.1) is 6.92 Å². The first-order valence-electron chi connectivity index (χ1n) is 11.3. The number of likely N-dealkylation sites (N-methyl/N-ethyl adjacent to an activating group) is 1. The van der Waals surface area contributed by atoms with E-state index in [1.165, 1.54) is 11.0 Å². The number of nitrogens with one attached hydrogen (secondary N) is 2. The van der Waals surface area contributed by atoms with Gasteiger partial charge in [-0.2, -0.15) is 0 Å². The Balaban J connectivity index is 1.57. The molecule has 184 valence electrons. The van der Waals surface area contributed by atoms with Crippen molar-refractivity contribution < 1.29 is 18.0 Å². The van der Waals surface area contributed by atoms with Crippen molar-refractivity contribution in [2.45, 2.75) is 24.3 Å². The average Bonchev–Trinajstić information content (AvgIpc) is 2.87. The molecule has 1 aromatic heterocycles. The summed E-state index contributed by atoms with van der Waals surface area (Å²) in [6.07, 6.45) is 1.85. The number of carbonyl (C=O) groups excluding carboxylic acids is 2. The van der Waals surface area contributed by atoms with Crippen LogP contribution in [0.1, 0.15) is 11.1 Å². The van der Waals surface area contributed by atoms with Gasteiger partial charge in [-0.15, -0.1) is 0 Å². The number of carbonyl (C=O) groups is 2. The predicted octanol–water partition coefficient (Wildman–Crippen LogP) is 3.81. The van der Waals surface area contributed by atoms with E-state index in [1.807, 2.05) is 53.3 Å². The highest BCUT2D eigenvalue weighted by Gasteiger charge is 2.28. The fourth-order valence-electron chi connectivity index (χ4n) is 3.90. The van der Waals surface area contributed by atoms with Gasteiger partial charge in [-0.05, 0) is 42.3 Å². The Morgan fingerprint density at radius 2 is 1.67 bits per heavy atom. The molecule has 4 aromatic rings. The van der Waals surface area contributed by atoms with Gasteiger partial charge >= 0.3 is 6.03 Å². The normalized spacial score (nSPS) is 12.1. The molecule has 0 saturated heterocycles. The minimum Gasteiger partial charge on any atom is -0.325 e. The van der Waals surface area contributed by atoms with Crippen molar-refractivity contribution in [3.8, 4) is 0 Å². The summed E-state index contributed by atoms with van der Waals surface area (Å²) in [5.41, 5.74) is 2.63. The smallest absolute Gasteiger partial charge is 0.325 e. The Hall–Kier alpha value is -4.24. The summed E-state index contributed by atoms with van der Waals surface area (Å²) in [6.45, 7) is 1.64. The average molecular weight is 503 g/mol. The molecule has 9 heteroatoms. The van der Waals surface area contributed by atoms with Crippen LogP contribution in [-0.2, 0) is 21.2 Å². The summed E-state index contributed by atoms with van der Waals surface area (Å²) >= 11 is 0. The molecule has 4 rings (SSSR count). The van der Waals surface area contributed by atoms with Crippen LogP contribution in [0.15, 0.2) is 96.0 Å². The van der Waals surface area contributed by atoms with Gasteiger partial charge in [-0.3, -0.25) is 9.78 Å². The van der Waals surface area contributed by atoms with E-state index < -0.39 is 28.0 Å². The lowest BCUT2D eigenvalue weighted by molar-refractivity contribution is -0.120. The molecular weight excluding hydrogens is 476 g/mol. The number of anilines is 1. The molecule has 0 spiro atoms. The fourth-order valence-corrected chi connectivity index (χ4v) is 5.06. The molecule has 3 aromatic carbocycles. The van der Waals surface area contributed by atoms with E-state index >= 15 is 0 Å². The van der Waals surface area contributed by atoms with Gasteiger partial charge in [0.1, 0.15) is 6.04 Å². The number of benzene rings is 3. The minimum absolute atomic E-state index is 0.00753. The molecule has 8 nitrogen and oxygen atoms in total. The van der Waals surface area contributed by atoms with Crippen molar-refractivity contribution in [1.82, 2.24) is 15.0 Å². The second-order valence-electron chi connectivity index (χ2n) is 8.36. The highest BCUT2D eigenvalue weighted by molar-refractivity contribution is 7.90.